The molecule has 0 aliphatic carbocycles. The number of carboxylic acids is 1. The summed E-state index contributed by atoms with van der Waals surface area (Å²) in [5, 5.41) is 20.8. The summed E-state index contributed by atoms with van der Waals surface area (Å²) in [7, 11) is 0. The number of rotatable bonds is 4. The highest BCUT2D eigenvalue weighted by molar-refractivity contribution is 6.05. The first-order valence-electron chi connectivity index (χ1n) is 5.71. The van der Waals surface area contributed by atoms with Crippen LogP contribution in [0, 0.1) is 10.1 Å². The van der Waals surface area contributed by atoms with E-state index in [2.05, 4.69) is 0 Å². The number of imide groups is 1. The summed E-state index contributed by atoms with van der Waals surface area (Å²) >= 11 is 0. The van der Waals surface area contributed by atoms with E-state index in [1.54, 1.807) is 6.07 Å². The number of aliphatic carboxylic acids is 1. The summed E-state index contributed by atoms with van der Waals surface area (Å²) < 4.78 is 0. The standard InChI is InChI=1S/C12H10N2O6/c15-9-6-7-10(16)13(9)12(11(17)18,14(19)20)8-4-2-1-3-5-8/h1-5H,6-7H2,(H,17,18). The normalized spacial score (nSPS) is 17.9. The summed E-state index contributed by atoms with van der Waals surface area (Å²) in [4.78, 5) is 45.6. The van der Waals surface area contributed by atoms with E-state index in [1.165, 1.54) is 24.3 Å². The Bertz CT molecular complexity index is 567. The monoisotopic (exact) mass is 278 g/mol. The van der Waals surface area contributed by atoms with Crippen molar-refractivity contribution in [2.24, 2.45) is 0 Å². The van der Waals surface area contributed by atoms with Crippen LogP contribution in [0.4, 0.5) is 0 Å². The fourth-order valence-corrected chi connectivity index (χ4v) is 2.22. The smallest absolute Gasteiger partial charge is 0.427 e. The Labute approximate surface area is 112 Å². The second-order valence-electron chi connectivity index (χ2n) is 4.22. The molecule has 8 nitrogen and oxygen atoms in total. The SMILES string of the molecule is O=C1CCC(=O)N1C(C(=O)O)(c1ccccc1)[N+](=O)[O-]. The molecule has 0 aromatic heterocycles. The quantitative estimate of drug-likeness (QED) is 0.482. The average molecular weight is 278 g/mol. The van der Waals surface area contributed by atoms with Crippen LogP contribution in [0.1, 0.15) is 18.4 Å². The van der Waals surface area contributed by atoms with E-state index in [0.29, 0.717) is 0 Å². The van der Waals surface area contributed by atoms with Gasteiger partial charge in [0.25, 0.3) is 0 Å². The zero-order valence-corrected chi connectivity index (χ0v) is 10.2. The number of benzene rings is 1. The first-order chi connectivity index (χ1) is 9.42. The Morgan fingerprint density at radius 1 is 1.20 bits per heavy atom. The number of nitrogens with zero attached hydrogens (tertiary/aromatic N) is 2. The zero-order valence-electron chi connectivity index (χ0n) is 10.2. The number of carbonyl (C=O) groups is 3. The van der Waals surface area contributed by atoms with Crippen molar-refractivity contribution < 1.29 is 24.4 Å². The maximum Gasteiger partial charge on any atom is 0.427 e. The zero-order chi connectivity index (χ0) is 14.9. The maximum absolute atomic E-state index is 11.8. The number of carbonyl (C=O) groups excluding carboxylic acids is 2. The molecule has 104 valence electrons. The van der Waals surface area contributed by atoms with Gasteiger partial charge in [-0.05, 0) is 12.1 Å². The van der Waals surface area contributed by atoms with E-state index in [1.807, 2.05) is 0 Å². The van der Waals surface area contributed by atoms with E-state index >= 15 is 0 Å². The molecule has 1 unspecified atom stereocenters. The van der Waals surface area contributed by atoms with Crippen LogP contribution < -0.4 is 0 Å². The highest BCUT2D eigenvalue weighted by Crippen LogP contribution is 2.34. The molecule has 1 aromatic rings. The van der Waals surface area contributed by atoms with Crippen molar-refractivity contribution in [1.82, 2.24) is 4.90 Å². The number of nitro groups is 1. The Hall–Kier alpha value is -2.77. The third kappa shape index (κ3) is 1.73. The molecule has 1 aromatic carbocycles. The molecule has 8 heteroatoms. The second-order valence-corrected chi connectivity index (χ2v) is 4.22. The van der Waals surface area contributed by atoms with E-state index in [0.717, 1.165) is 0 Å². The Morgan fingerprint density at radius 3 is 2.10 bits per heavy atom. The largest absolute Gasteiger partial charge is 0.474 e. The molecule has 0 saturated carbocycles. The molecule has 0 spiro atoms. The maximum atomic E-state index is 11.8. The minimum absolute atomic E-state index is 0.228. The summed E-state index contributed by atoms with van der Waals surface area (Å²) in [5.41, 5.74) is -3.16. The molecule has 1 aliphatic heterocycles. The van der Waals surface area contributed by atoms with Crippen molar-refractivity contribution in [1.29, 1.82) is 0 Å². The first kappa shape index (κ1) is 13.7. The molecule has 2 amide bonds. The van der Waals surface area contributed by atoms with Crippen LogP contribution in [0.15, 0.2) is 30.3 Å². The van der Waals surface area contributed by atoms with Crippen molar-refractivity contribution >= 4 is 17.8 Å². The third-order valence-corrected chi connectivity index (χ3v) is 3.11. The van der Waals surface area contributed by atoms with Gasteiger partial charge in [0.05, 0.1) is 10.5 Å². The fraction of sp³-hybridized carbons (Fsp3) is 0.250. The van der Waals surface area contributed by atoms with Gasteiger partial charge >= 0.3 is 11.6 Å². The van der Waals surface area contributed by atoms with Crippen LogP contribution in [0.5, 0.6) is 0 Å². The number of hydrogen-bond acceptors (Lipinski definition) is 5. The van der Waals surface area contributed by atoms with Gasteiger partial charge in [-0.2, -0.15) is 0 Å². The average Bonchev–Trinajstić information content (AvgIpc) is 2.72. The lowest BCUT2D eigenvalue weighted by molar-refractivity contribution is -0.585. The summed E-state index contributed by atoms with van der Waals surface area (Å²) in [6, 6.07) is 6.76. The number of amides is 2. The van der Waals surface area contributed by atoms with Crippen LogP contribution in [0.25, 0.3) is 0 Å². The van der Waals surface area contributed by atoms with Gasteiger partial charge in [-0.15, -0.1) is 0 Å². The lowest BCUT2D eigenvalue weighted by Crippen LogP contribution is -2.59. The lowest BCUT2D eigenvalue weighted by Gasteiger charge is -2.28. The van der Waals surface area contributed by atoms with Gasteiger partial charge in [0, 0.05) is 12.8 Å². The molecule has 2 rings (SSSR count). The van der Waals surface area contributed by atoms with E-state index in [-0.39, 0.29) is 23.3 Å². The first-order valence-corrected chi connectivity index (χ1v) is 5.71. The van der Waals surface area contributed by atoms with Gasteiger partial charge in [-0.3, -0.25) is 19.7 Å². The van der Waals surface area contributed by atoms with Crippen molar-refractivity contribution in [2.45, 2.75) is 18.5 Å². The Balaban J connectivity index is 2.73. The number of likely N-dealkylation sites (tertiary alicyclic amines) is 1. The van der Waals surface area contributed by atoms with Gasteiger partial charge in [-0.25, -0.2) is 9.69 Å². The predicted octanol–water partition coefficient (Wildman–Crippen LogP) is 0.350. The Kier molecular flexibility index (Phi) is 3.23. The van der Waals surface area contributed by atoms with Crippen LogP contribution in [-0.4, -0.2) is 32.7 Å². The third-order valence-electron chi connectivity index (χ3n) is 3.11. The number of hydrogen-bond donors (Lipinski definition) is 1. The lowest BCUT2D eigenvalue weighted by atomic mass is 9.98. The highest BCUT2D eigenvalue weighted by Gasteiger charge is 2.64. The van der Waals surface area contributed by atoms with E-state index in [9.17, 15) is 29.6 Å². The molecule has 1 heterocycles. The minimum Gasteiger partial charge on any atom is -0.474 e. The highest BCUT2D eigenvalue weighted by atomic mass is 16.6. The van der Waals surface area contributed by atoms with Gasteiger partial charge < -0.3 is 5.11 Å². The van der Waals surface area contributed by atoms with Gasteiger partial charge in [0.2, 0.25) is 11.8 Å². The molecule has 0 bridgehead atoms. The molecular formula is C12H10N2O6. The minimum atomic E-state index is -2.91. The van der Waals surface area contributed by atoms with Crippen LogP contribution in [0.2, 0.25) is 0 Å². The molecule has 1 fully saturated rings. The van der Waals surface area contributed by atoms with Crippen LogP contribution in [0.3, 0.4) is 0 Å². The second kappa shape index (κ2) is 4.72. The van der Waals surface area contributed by atoms with E-state index < -0.39 is 28.4 Å². The number of carboxylic acid groups (broad SMARTS) is 1. The summed E-state index contributed by atoms with van der Waals surface area (Å²) in [6.45, 7) is 0. The summed E-state index contributed by atoms with van der Waals surface area (Å²) in [5.74, 6) is -3.60. The fourth-order valence-electron chi connectivity index (χ4n) is 2.22. The van der Waals surface area contributed by atoms with Crippen molar-refractivity contribution in [3.63, 3.8) is 0 Å². The van der Waals surface area contributed by atoms with E-state index in [4.69, 9.17) is 0 Å². The molecule has 1 atom stereocenters. The Morgan fingerprint density at radius 2 is 1.70 bits per heavy atom. The molecule has 20 heavy (non-hydrogen) atoms. The summed E-state index contributed by atoms with van der Waals surface area (Å²) in [6.07, 6.45) is -0.455. The van der Waals surface area contributed by atoms with Gasteiger partial charge in [0.15, 0.2) is 0 Å². The van der Waals surface area contributed by atoms with Crippen LogP contribution in [-0.2, 0) is 20.0 Å². The van der Waals surface area contributed by atoms with Crippen molar-refractivity contribution in [2.75, 3.05) is 0 Å². The molecular weight excluding hydrogens is 268 g/mol. The van der Waals surface area contributed by atoms with Crippen LogP contribution >= 0.6 is 0 Å². The van der Waals surface area contributed by atoms with Crippen molar-refractivity contribution in [3.05, 3.63) is 46.0 Å². The molecule has 1 N–H and O–H groups in total. The van der Waals surface area contributed by atoms with Crippen molar-refractivity contribution in [3.8, 4) is 0 Å². The molecule has 1 saturated heterocycles. The topological polar surface area (TPSA) is 118 Å². The molecule has 1 aliphatic rings. The molecule has 0 radical (unpaired) electrons. The van der Waals surface area contributed by atoms with Gasteiger partial charge in [0.1, 0.15) is 0 Å². The predicted molar refractivity (Wildman–Crippen MR) is 63.8 cm³/mol. The van der Waals surface area contributed by atoms with Gasteiger partial charge in [-0.1, -0.05) is 18.2 Å².